The minimum atomic E-state index is -0.472. The smallest absolute Gasteiger partial charge is 0.273 e. The minimum absolute atomic E-state index is 0.0363. The molecule has 0 saturated heterocycles. The number of hydrogen-bond donors (Lipinski definition) is 2. The standard InChI is InChI=1S/C15H19N5O3S/c1-11-9-17-19(10-11)7-3-6-16-15(24)18-13-5-4-12(20(21)22)8-14(13)23-2/h4-5,8-10H,3,6-7H2,1-2H3,(H2,16,18,24). The minimum Gasteiger partial charge on any atom is -0.494 e. The van der Waals surface area contributed by atoms with Crippen molar-refractivity contribution >= 4 is 28.7 Å². The molecule has 0 bridgehead atoms. The summed E-state index contributed by atoms with van der Waals surface area (Å²) in [5.41, 5.74) is 1.67. The van der Waals surface area contributed by atoms with Crippen LogP contribution in [-0.4, -0.2) is 33.5 Å². The molecular formula is C15H19N5O3S. The Balaban J connectivity index is 1.82. The zero-order valence-corrected chi connectivity index (χ0v) is 14.3. The second-order valence-electron chi connectivity index (χ2n) is 5.16. The predicted octanol–water partition coefficient (Wildman–Crippen LogP) is 2.49. The van der Waals surface area contributed by atoms with E-state index < -0.39 is 4.92 Å². The summed E-state index contributed by atoms with van der Waals surface area (Å²) in [5.74, 6) is 0.361. The first-order chi connectivity index (χ1) is 11.5. The number of aromatic nitrogens is 2. The maximum Gasteiger partial charge on any atom is 0.273 e. The van der Waals surface area contributed by atoms with Gasteiger partial charge in [0.1, 0.15) is 5.75 Å². The number of benzene rings is 1. The number of hydrogen-bond acceptors (Lipinski definition) is 5. The average Bonchev–Trinajstić information content (AvgIpc) is 2.97. The number of aryl methyl sites for hydroxylation is 2. The topological polar surface area (TPSA) is 94.3 Å². The zero-order chi connectivity index (χ0) is 17.5. The van der Waals surface area contributed by atoms with Crippen molar-refractivity contribution in [3.63, 3.8) is 0 Å². The lowest BCUT2D eigenvalue weighted by Gasteiger charge is -2.13. The molecule has 0 fully saturated rings. The van der Waals surface area contributed by atoms with E-state index in [2.05, 4.69) is 15.7 Å². The van der Waals surface area contributed by atoms with Crippen molar-refractivity contribution in [3.05, 3.63) is 46.3 Å². The van der Waals surface area contributed by atoms with E-state index in [0.717, 1.165) is 18.5 Å². The largest absolute Gasteiger partial charge is 0.494 e. The summed E-state index contributed by atoms with van der Waals surface area (Å²) in [6.07, 6.45) is 4.67. The fraction of sp³-hybridized carbons (Fsp3) is 0.333. The van der Waals surface area contributed by atoms with Gasteiger partial charge in [0.25, 0.3) is 5.69 Å². The van der Waals surface area contributed by atoms with Gasteiger partial charge in [0, 0.05) is 25.4 Å². The second-order valence-corrected chi connectivity index (χ2v) is 5.57. The molecule has 0 aliphatic rings. The van der Waals surface area contributed by atoms with Crippen LogP contribution in [-0.2, 0) is 6.54 Å². The van der Waals surface area contributed by atoms with Crippen LogP contribution in [0.4, 0.5) is 11.4 Å². The Kier molecular flexibility index (Phi) is 6.07. The molecule has 2 aromatic rings. The van der Waals surface area contributed by atoms with Crippen LogP contribution >= 0.6 is 12.2 Å². The molecular weight excluding hydrogens is 330 g/mol. The fourth-order valence-electron chi connectivity index (χ4n) is 2.10. The molecule has 24 heavy (non-hydrogen) atoms. The molecule has 0 radical (unpaired) electrons. The summed E-state index contributed by atoms with van der Waals surface area (Å²) in [6.45, 7) is 3.47. The van der Waals surface area contributed by atoms with Gasteiger partial charge < -0.3 is 15.4 Å². The third-order valence-electron chi connectivity index (χ3n) is 3.26. The summed E-state index contributed by atoms with van der Waals surface area (Å²) >= 11 is 5.23. The van der Waals surface area contributed by atoms with Crippen LogP contribution in [0, 0.1) is 17.0 Å². The molecule has 2 rings (SSSR count). The number of anilines is 1. The molecule has 0 unspecified atom stereocenters. The van der Waals surface area contributed by atoms with Gasteiger partial charge in [0.15, 0.2) is 5.11 Å². The van der Waals surface area contributed by atoms with Crippen LogP contribution in [0.5, 0.6) is 5.75 Å². The lowest BCUT2D eigenvalue weighted by Crippen LogP contribution is -2.30. The summed E-state index contributed by atoms with van der Waals surface area (Å²) in [7, 11) is 1.45. The van der Waals surface area contributed by atoms with Gasteiger partial charge in [-0.2, -0.15) is 5.10 Å². The molecule has 8 nitrogen and oxygen atoms in total. The van der Waals surface area contributed by atoms with Crippen molar-refractivity contribution in [3.8, 4) is 5.75 Å². The fourth-order valence-corrected chi connectivity index (χ4v) is 2.31. The molecule has 0 aliphatic carbocycles. The van der Waals surface area contributed by atoms with Gasteiger partial charge in [-0.1, -0.05) is 0 Å². The monoisotopic (exact) mass is 349 g/mol. The molecule has 0 spiro atoms. The molecule has 0 saturated carbocycles. The summed E-state index contributed by atoms with van der Waals surface area (Å²) in [4.78, 5) is 10.3. The Morgan fingerprint density at radius 2 is 2.29 bits per heavy atom. The van der Waals surface area contributed by atoms with Gasteiger partial charge in [-0.15, -0.1) is 0 Å². The molecule has 0 amide bonds. The quantitative estimate of drug-likeness (QED) is 0.343. The number of nitro groups is 1. The average molecular weight is 349 g/mol. The number of ether oxygens (including phenoxy) is 1. The van der Waals surface area contributed by atoms with Gasteiger partial charge in [-0.3, -0.25) is 14.8 Å². The van der Waals surface area contributed by atoms with Crippen molar-refractivity contribution in [1.29, 1.82) is 0 Å². The third-order valence-corrected chi connectivity index (χ3v) is 3.50. The molecule has 128 valence electrons. The van der Waals surface area contributed by atoms with E-state index >= 15 is 0 Å². The molecule has 2 N–H and O–H groups in total. The van der Waals surface area contributed by atoms with E-state index in [-0.39, 0.29) is 5.69 Å². The summed E-state index contributed by atoms with van der Waals surface area (Å²) in [5, 5.41) is 21.5. The zero-order valence-electron chi connectivity index (χ0n) is 13.5. The SMILES string of the molecule is COc1cc([N+](=O)[O-])ccc1NC(=S)NCCCn1cc(C)cn1. The maximum absolute atomic E-state index is 10.8. The first-order valence-electron chi connectivity index (χ1n) is 7.36. The highest BCUT2D eigenvalue weighted by molar-refractivity contribution is 7.80. The number of rotatable bonds is 7. The van der Waals surface area contributed by atoms with Crippen LogP contribution in [0.1, 0.15) is 12.0 Å². The Labute approximate surface area is 145 Å². The van der Waals surface area contributed by atoms with Crippen molar-refractivity contribution in [1.82, 2.24) is 15.1 Å². The number of thiocarbonyl (C=S) groups is 1. The predicted molar refractivity (Wildman–Crippen MR) is 95.5 cm³/mol. The summed E-state index contributed by atoms with van der Waals surface area (Å²) in [6, 6.07) is 4.32. The van der Waals surface area contributed by atoms with Crippen LogP contribution in [0.25, 0.3) is 0 Å². The molecule has 1 aromatic carbocycles. The highest BCUT2D eigenvalue weighted by atomic mass is 32.1. The number of methoxy groups -OCH3 is 1. The third kappa shape index (κ3) is 4.92. The molecule has 0 aliphatic heterocycles. The lowest BCUT2D eigenvalue weighted by molar-refractivity contribution is -0.384. The first-order valence-corrected chi connectivity index (χ1v) is 7.77. The molecule has 9 heteroatoms. The van der Waals surface area contributed by atoms with Crippen molar-refractivity contribution in [2.45, 2.75) is 19.9 Å². The highest BCUT2D eigenvalue weighted by Crippen LogP contribution is 2.28. The van der Waals surface area contributed by atoms with Crippen LogP contribution in [0.3, 0.4) is 0 Å². The normalized spacial score (nSPS) is 10.2. The van der Waals surface area contributed by atoms with Crippen LogP contribution in [0.2, 0.25) is 0 Å². The van der Waals surface area contributed by atoms with Crippen LogP contribution < -0.4 is 15.4 Å². The van der Waals surface area contributed by atoms with Gasteiger partial charge in [0.2, 0.25) is 0 Å². The molecule has 1 aromatic heterocycles. The number of nitrogens with zero attached hydrogens (tertiary/aromatic N) is 3. The maximum atomic E-state index is 10.8. The van der Waals surface area contributed by atoms with Gasteiger partial charge in [-0.05, 0) is 37.2 Å². The molecule has 0 atom stereocenters. The first kappa shape index (κ1) is 17.7. The Bertz CT molecular complexity index is 732. The number of non-ortho nitro benzene ring substituents is 1. The Hall–Kier alpha value is -2.68. The second kappa shape index (κ2) is 8.25. The van der Waals surface area contributed by atoms with E-state index in [1.807, 2.05) is 24.0 Å². The van der Waals surface area contributed by atoms with E-state index in [1.54, 1.807) is 6.07 Å². The summed E-state index contributed by atoms with van der Waals surface area (Å²) < 4.78 is 7.04. The Morgan fingerprint density at radius 1 is 1.50 bits per heavy atom. The van der Waals surface area contributed by atoms with Crippen molar-refractivity contribution < 1.29 is 9.66 Å². The van der Waals surface area contributed by atoms with E-state index in [9.17, 15) is 10.1 Å². The van der Waals surface area contributed by atoms with Crippen molar-refractivity contribution in [2.24, 2.45) is 0 Å². The molecule has 1 heterocycles. The Morgan fingerprint density at radius 3 is 2.92 bits per heavy atom. The van der Waals surface area contributed by atoms with Gasteiger partial charge in [0.05, 0.1) is 30.0 Å². The van der Waals surface area contributed by atoms with E-state index in [1.165, 1.54) is 19.2 Å². The van der Waals surface area contributed by atoms with E-state index in [0.29, 0.717) is 23.1 Å². The number of nitrogens with one attached hydrogen (secondary N) is 2. The van der Waals surface area contributed by atoms with Gasteiger partial charge in [-0.25, -0.2) is 0 Å². The lowest BCUT2D eigenvalue weighted by atomic mass is 10.2. The van der Waals surface area contributed by atoms with Gasteiger partial charge >= 0.3 is 0 Å². The van der Waals surface area contributed by atoms with Crippen LogP contribution in [0.15, 0.2) is 30.6 Å². The van der Waals surface area contributed by atoms with Crippen molar-refractivity contribution in [2.75, 3.05) is 19.0 Å². The van der Waals surface area contributed by atoms with E-state index in [4.69, 9.17) is 17.0 Å². The highest BCUT2D eigenvalue weighted by Gasteiger charge is 2.12. The number of nitro benzene ring substituents is 1.